The van der Waals surface area contributed by atoms with E-state index in [1.54, 1.807) is 0 Å². The number of rotatable bonds is 2. The molecular weight excluding hydrogens is 236 g/mol. The minimum atomic E-state index is -0.670. The van der Waals surface area contributed by atoms with Crippen molar-refractivity contribution in [3.05, 3.63) is 34.9 Å². The van der Waals surface area contributed by atoms with E-state index in [0.717, 1.165) is 30.7 Å². The van der Waals surface area contributed by atoms with Crippen LogP contribution < -0.4 is 0 Å². The number of carbonyl (C=O) groups is 1. The van der Waals surface area contributed by atoms with Crippen molar-refractivity contribution in [3.8, 4) is 0 Å². The first kappa shape index (κ1) is 12.4. The van der Waals surface area contributed by atoms with Gasteiger partial charge in [-0.2, -0.15) is 0 Å². The number of halogens is 1. The van der Waals surface area contributed by atoms with Gasteiger partial charge in [-0.3, -0.25) is 4.79 Å². The van der Waals surface area contributed by atoms with Crippen LogP contribution in [0.2, 0.25) is 5.02 Å². The Morgan fingerprint density at radius 1 is 1.41 bits per heavy atom. The van der Waals surface area contributed by atoms with Crippen molar-refractivity contribution in [3.63, 3.8) is 0 Å². The van der Waals surface area contributed by atoms with Crippen molar-refractivity contribution in [2.24, 2.45) is 5.41 Å². The largest absolute Gasteiger partial charge is 0.481 e. The lowest BCUT2D eigenvalue weighted by atomic mass is 9.69. The molecule has 1 saturated carbocycles. The Morgan fingerprint density at radius 2 is 2.06 bits per heavy atom. The lowest BCUT2D eigenvalue weighted by Gasteiger charge is -2.35. The van der Waals surface area contributed by atoms with Crippen LogP contribution in [0.1, 0.15) is 44.1 Å². The van der Waals surface area contributed by atoms with Crippen LogP contribution in [0.3, 0.4) is 0 Å². The van der Waals surface area contributed by atoms with Crippen LogP contribution in [0.5, 0.6) is 0 Å². The molecule has 0 spiro atoms. The fourth-order valence-corrected chi connectivity index (χ4v) is 2.83. The summed E-state index contributed by atoms with van der Waals surface area (Å²) in [6, 6.07) is 7.79. The van der Waals surface area contributed by atoms with Crippen LogP contribution in [-0.4, -0.2) is 11.1 Å². The Morgan fingerprint density at radius 3 is 2.65 bits per heavy atom. The van der Waals surface area contributed by atoms with Gasteiger partial charge in [-0.15, -0.1) is 0 Å². The van der Waals surface area contributed by atoms with Gasteiger partial charge in [0.2, 0.25) is 0 Å². The van der Waals surface area contributed by atoms with Crippen LogP contribution in [0.4, 0.5) is 0 Å². The highest BCUT2D eigenvalue weighted by Gasteiger charge is 2.38. The van der Waals surface area contributed by atoms with Crippen LogP contribution in [0.15, 0.2) is 24.3 Å². The first-order valence-corrected chi connectivity index (χ1v) is 6.38. The number of hydrogen-bond acceptors (Lipinski definition) is 1. The van der Waals surface area contributed by atoms with Gasteiger partial charge in [-0.05, 0) is 49.8 Å². The molecule has 0 heterocycles. The molecule has 2 nitrogen and oxygen atoms in total. The Bertz CT molecular complexity index is 413. The van der Waals surface area contributed by atoms with Gasteiger partial charge >= 0.3 is 5.97 Å². The molecule has 1 fully saturated rings. The molecule has 1 aromatic carbocycles. The molecule has 3 heteroatoms. The van der Waals surface area contributed by atoms with Crippen LogP contribution in [0.25, 0.3) is 0 Å². The lowest BCUT2D eigenvalue weighted by molar-refractivity contribution is -0.150. The smallest absolute Gasteiger partial charge is 0.309 e. The molecule has 1 aromatic rings. The normalized spacial score (nSPS) is 28.9. The van der Waals surface area contributed by atoms with Gasteiger partial charge in [0.25, 0.3) is 0 Å². The Labute approximate surface area is 107 Å². The second-order valence-electron chi connectivity index (χ2n) is 5.21. The summed E-state index contributed by atoms with van der Waals surface area (Å²) >= 11 is 5.86. The molecule has 1 aliphatic carbocycles. The van der Waals surface area contributed by atoms with Crippen molar-refractivity contribution in [2.75, 3.05) is 0 Å². The molecule has 92 valence electrons. The van der Waals surface area contributed by atoms with E-state index in [1.165, 1.54) is 5.56 Å². The molecule has 0 aromatic heterocycles. The van der Waals surface area contributed by atoms with E-state index in [2.05, 4.69) is 0 Å². The summed E-state index contributed by atoms with van der Waals surface area (Å²) in [5, 5.41) is 10.0. The Kier molecular flexibility index (Phi) is 3.43. The monoisotopic (exact) mass is 252 g/mol. The van der Waals surface area contributed by atoms with Gasteiger partial charge in [0.1, 0.15) is 0 Å². The van der Waals surface area contributed by atoms with Gasteiger partial charge in [-0.25, -0.2) is 0 Å². The van der Waals surface area contributed by atoms with Gasteiger partial charge in [0.15, 0.2) is 0 Å². The zero-order valence-corrected chi connectivity index (χ0v) is 10.7. The first-order chi connectivity index (χ1) is 8.01. The van der Waals surface area contributed by atoms with Crippen molar-refractivity contribution >= 4 is 17.6 Å². The molecular formula is C14H17ClO2. The highest BCUT2D eigenvalue weighted by Crippen LogP contribution is 2.43. The van der Waals surface area contributed by atoms with Crippen LogP contribution in [-0.2, 0) is 4.79 Å². The standard InChI is InChI=1S/C14H17ClO2/c1-14(13(16)17)8-2-3-11(9-14)10-4-6-12(15)7-5-10/h4-7,11H,2-3,8-9H2,1H3,(H,16,17). The summed E-state index contributed by atoms with van der Waals surface area (Å²) in [4.78, 5) is 11.3. The fraction of sp³-hybridized carbons (Fsp3) is 0.500. The molecule has 17 heavy (non-hydrogen) atoms. The maximum Gasteiger partial charge on any atom is 0.309 e. The highest BCUT2D eigenvalue weighted by atomic mass is 35.5. The topological polar surface area (TPSA) is 37.3 Å². The molecule has 1 aliphatic rings. The summed E-state index contributed by atoms with van der Waals surface area (Å²) < 4.78 is 0. The zero-order chi connectivity index (χ0) is 12.5. The van der Waals surface area contributed by atoms with Crippen molar-refractivity contribution < 1.29 is 9.90 Å². The van der Waals surface area contributed by atoms with E-state index in [-0.39, 0.29) is 0 Å². The predicted molar refractivity (Wildman–Crippen MR) is 68.4 cm³/mol. The summed E-state index contributed by atoms with van der Waals surface area (Å²) in [6.07, 6.45) is 3.57. The van der Waals surface area contributed by atoms with E-state index in [9.17, 15) is 9.90 Å². The van der Waals surface area contributed by atoms with E-state index in [0.29, 0.717) is 5.92 Å². The molecule has 0 aliphatic heterocycles. The minimum absolute atomic E-state index is 0.349. The summed E-state index contributed by atoms with van der Waals surface area (Å²) in [7, 11) is 0. The molecule has 2 atom stereocenters. The van der Waals surface area contributed by atoms with Gasteiger partial charge in [-0.1, -0.05) is 30.2 Å². The average Bonchev–Trinajstić information content (AvgIpc) is 2.30. The Hall–Kier alpha value is -1.02. The summed E-state index contributed by atoms with van der Waals surface area (Å²) in [5.74, 6) is -0.321. The van der Waals surface area contributed by atoms with E-state index in [1.807, 2.05) is 31.2 Å². The van der Waals surface area contributed by atoms with E-state index >= 15 is 0 Å². The van der Waals surface area contributed by atoms with Crippen molar-refractivity contribution in [2.45, 2.75) is 38.5 Å². The zero-order valence-electron chi connectivity index (χ0n) is 9.95. The third kappa shape index (κ3) is 2.63. The van der Waals surface area contributed by atoms with Crippen molar-refractivity contribution in [1.29, 1.82) is 0 Å². The van der Waals surface area contributed by atoms with Crippen LogP contribution in [0, 0.1) is 5.41 Å². The average molecular weight is 253 g/mol. The molecule has 0 amide bonds. The fourth-order valence-electron chi connectivity index (χ4n) is 2.70. The van der Waals surface area contributed by atoms with Gasteiger partial charge in [0.05, 0.1) is 5.41 Å². The van der Waals surface area contributed by atoms with Crippen LogP contribution >= 0.6 is 11.6 Å². The number of aliphatic carboxylic acids is 1. The molecule has 0 saturated heterocycles. The van der Waals surface area contributed by atoms with Gasteiger partial charge < -0.3 is 5.11 Å². The lowest BCUT2D eigenvalue weighted by Crippen LogP contribution is -2.32. The number of benzene rings is 1. The van der Waals surface area contributed by atoms with E-state index < -0.39 is 11.4 Å². The molecule has 0 bridgehead atoms. The summed E-state index contributed by atoms with van der Waals surface area (Å²) in [6.45, 7) is 1.86. The third-order valence-electron chi connectivity index (χ3n) is 3.84. The molecule has 1 N–H and O–H groups in total. The molecule has 0 radical (unpaired) electrons. The molecule has 2 rings (SSSR count). The number of carboxylic acid groups (broad SMARTS) is 1. The third-order valence-corrected chi connectivity index (χ3v) is 4.09. The maximum absolute atomic E-state index is 11.3. The SMILES string of the molecule is CC1(C(=O)O)CCCC(c2ccc(Cl)cc2)C1. The Balaban J connectivity index is 2.17. The minimum Gasteiger partial charge on any atom is -0.481 e. The summed E-state index contributed by atoms with van der Waals surface area (Å²) in [5.41, 5.74) is 0.643. The predicted octanol–water partition coefficient (Wildman–Crippen LogP) is 4.09. The molecule has 2 unspecified atom stereocenters. The first-order valence-electron chi connectivity index (χ1n) is 6.00. The second-order valence-corrected chi connectivity index (χ2v) is 5.65. The van der Waals surface area contributed by atoms with E-state index in [4.69, 9.17) is 11.6 Å². The van der Waals surface area contributed by atoms with Crippen molar-refractivity contribution in [1.82, 2.24) is 0 Å². The van der Waals surface area contributed by atoms with Gasteiger partial charge in [0, 0.05) is 5.02 Å². The quantitative estimate of drug-likeness (QED) is 0.861. The highest BCUT2D eigenvalue weighted by molar-refractivity contribution is 6.30. The number of hydrogen-bond donors (Lipinski definition) is 1. The second kappa shape index (κ2) is 4.69. The number of carboxylic acids is 1. The maximum atomic E-state index is 11.3.